The number of para-hydroxylation sites is 2. The molecule has 2 atom stereocenters. The second-order valence-electron chi connectivity index (χ2n) is 4.83. The van der Waals surface area contributed by atoms with Crippen molar-refractivity contribution >= 4 is 17.0 Å². The van der Waals surface area contributed by atoms with Crippen molar-refractivity contribution in [1.29, 1.82) is 0 Å². The summed E-state index contributed by atoms with van der Waals surface area (Å²) in [6, 6.07) is 8.80. The van der Waals surface area contributed by atoms with Crippen molar-refractivity contribution in [3.8, 4) is 0 Å². The number of aromatic nitrogens is 2. The molecule has 4 nitrogen and oxygen atoms in total. The second-order valence-corrected chi connectivity index (χ2v) is 4.83. The van der Waals surface area contributed by atoms with Crippen molar-refractivity contribution in [1.82, 2.24) is 9.55 Å². The average Bonchev–Trinajstić information content (AvgIpc) is 2.87. The number of fused-ring (bicyclic) bond motifs is 1. The molecule has 3 rings (SSSR count). The molecule has 4 heteroatoms. The fourth-order valence-electron chi connectivity index (χ4n) is 2.61. The van der Waals surface area contributed by atoms with Gasteiger partial charge in [-0.3, -0.25) is 0 Å². The predicted molar refractivity (Wildman–Crippen MR) is 70.0 cm³/mol. The van der Waals surface area contributed by atoms with Crippen molar-refractivity contribution < 1.29 is 0 Å². The number of aryl methyl sites for hydroxylation is 1. The number of nitrogens with two attached hydrogens (primary N) is 1. The number of anilines is 1. The maximum Gasteiger partial charge on any atom is 0.203 e. The first-order chi connectivity index (χ1) is 8.25. The molecule has 0 radical (unpaired) electrons. The SMILES string of the molecule is Cn1c(NC2CCCC2N)nc2ccccc21. The van der Waals surface area contributed by atoms with E-state index in [0.29, 0.717) is 6.04 Å². The Morgan fingerprint density at radius 2 is 2.18 bits per heavy atom. The van der Waals surface area contributed by atoms with Crippen molar-refractivity contribution in [3.05, 3.63) is 24.3 Å². The summed E-state index contributed by atoms with van der Waals surface area (Å²) in [4.78, 5) is 4.61. The van der Waals surface area contributed by atoms with Gasteiger partial charge in [-0.1, -0.05) is 12.1 Å². The maximum absolute atomic E-state index is 6.07. The van der Waals surface area contributed by atoms with E-state index in [9.17, 15) is 0 Å². The number of nitrogens with zero attached hydrogens (tertiary/aromatic N) is 2. The van der Waals surface area contributed by atoms with Gasteiger partial charge in [-0.15, -0.1) is 0 Å². The lowest BCUT2D eigenvalue weighted by atomic mass is 10.2. The van der Waals surface area contributed by atoms with Crippen molar-refractivity contribution in [2.24, 2.45) is 12.8 Å². The molecule has 3 N–H and O–H groups in total. The van der Waals surface area contributed by atoms with E-state index in [1.165, 1.54) is 6.42 Å². The number of benzene rings is 1. The third kappa shape index (κ3) is 1.78. The first kappa shape index (κ1) is 10.6. The number of imidazole rings is 1. The third-order valence-corrected chi connectivity index (χ3v) is 3.67. The standard InChI is InChI=1S/C13H18N4/c1-17-12-8-3-2-6-11(12)16-13(17)15-10-7-4-5-9(10)14/h2-3,6,8-10H,4-5,7,14H2,1H3,(H,15,16). The molecule has 1 aromatic carbocycles. The summed E-state index contributed by atoms with van der Waals surface area (Å²) >= 11 is 0. The fourth-order valence-corrected chi connectivity index (χ4v) is 2.61. The van der Waals surface area contributed by atoms with Crippen LogP contribution in [0.15, 0.2) is 24.3 Å². The van der Waals surface area contributed by atoms with Crippen LogP contribution < -0.4 is 11.1 Å². The predicted octanol–water partition coefficient (Wildman–Crippen LogP) is 1.86. The van der Waals surface area contributed by atoms with Gasteiger partial charge in [-0.25, -0.2) is 4.98 Å². The van der Waals surface area contributed by atoms with Gasteiger partial charge in [-0.2, -0.15) is 0 Å². The molecule has 17 heavy (non-hydrogen) atoms. The van der Waals surface area contributed by atoms with Crippen LogP contribution in [0.4, 0.5) is 5.95 Å². The molecule has 0 aliphatic heterocycles. The molecule has 90 valence electrons. The van der Waals surface area contributed by atoms with Gasteiger partial charge in [0.05, 0.1) is 11.0 Å². The largest absolute Gasteiger partial charge is 0.351 e. The molecule has 1 saturated carbocycles. The Bertz CT molecular complexity index is 531. The molecule has 1 aliphatic rings. The van der Waals surface area contributed by atoms with Crippen molar-refractivity contribution in [2.45, 2.75) is 31.3 Å². The Morgan fingerprint density at radius 1 is 1.35 bits per heavy atom. The lowest BCUT2D eigenvalue weighted by molar-refractivity contribution is 0.630. The van der Waals surface area contributed by atoms with Crippen LogP contribution in [0, 0.1) is 0 Å². The Balaban J connectivity index is 1.92. The highest BCUT2D eigenvalue weighted by molar-refractivity contribution is 5.78. The van der Waals surface area contributed by atoms with E-state index in [0.717, 1.165) is 29.8 Å². The van der Waals surface area contributed by atoms with Gasteiger partial charge >= 0.3 is 0 Å². The van der Waals surface area contributed by atoms with Gasteiger partial charge < -0.3 is 15.6 Å². The molecule has 0 amide bonds. The minimum Gasteiger partial charge on any atom is -0.351 e. The Hall–Kier alpha value is -1.55. The molecule has 0 spiro atoms. The normalized spacial score (nSPS) is 24.4. The van der Waals surface area contributed by atoms with Crippen molar-refractivity contribution in [3.63, 3.8) is 0 Å². The summed E-state index contributed by atoms with van der Waals surface area (Å²) in [5.41, 5.74) is 8.26. The highest BCUT2D eigenvalue weighted by atomic mass is 15.2. The molecule has 1 heterocycles. The van der Waals surface area contributed by atoms with Crippen LogP contribution in [0.2, 0.25) is 0 Å². The zero-order chi connectivity index (χ0) is 11.8. The highest BCUT2D eigenvalue weighted by Crippen LogP contribution is 2.23. The Morgan fingerprint density at radius 3 is 2.88 bits per heavy atom. The lowest BCUT2D eigenvalue weighted by Gasteiger charge is -2.17. The smallest absolute Gasteiger partial charge is 0.203 e. The fraction of sp³-hybridized carbons (Fsp3) is 0.462. The van der Waals surface area contributed by atoms with Crippen LogP contribution in [-0.2, 0) is 7.05 Å². The molecule has 0 bridgehead atoms. The quantitative estimate of drug-likeness (QED) is 0.828. The van der Waals surface area contributed by atoms with Crippen LogP contribution >= 0.6 is 0 Å². The van der Waals surface area contributed by atoms with E-state index in [1.54, 1.807) is 0 Å². The highest BCUT2D eigenvalue weighted by Gasteiger charge is 2.24. The summed E-state index contributed by atoms with van der Waals surface area (Å²) in [6.45, 7) is 0. The zero-order valence-electron chi connectivity index (χ0n) is 10.1. The molecule has 2 aromatic rings. The van der Waals surface area contributed by atoms with E-state index in [2.05, 4.69) is 20.9 Å². The molecule has 1 aromatic heterocycles. The summed E-state index contributed by atoms with van der Waals surface area (Å²) in [5, 5.41) is 3.48. The van der Waals surface area contributed by atoms with E-state index in [-0.39, 0.29) is 6.04 Å². The topological polar surface area (TPSA) is 55.9 Å². The first-order valence-electron chi connectivity index (χ1n) is 6.19. The van der Waals surface area contributed by atoms with E-state index >= 15 is 0 Å². The molecule has 1 aliphatic carbocycles. The van der Waals surface area contributed by atoms with Crippen LogP contribution in [0.25, 0.3) is 11.0 Å². The molecular weight excluding hydrogens is 212 g/mol. The van der Waals surface area contributed by atoms with Gasteiger partial charge in [0.1, 0.15) is 0 Å². The minimum absolute atomic E-state index is 0.259. The van der Waals surface area contributed by atoms with E-state index in [4.69, 9.17) is 5.73 Å². The summed E-state index contributed by atoms with van der Waals surface area (Å²) < 4.78 is 2.10. The number of hydrogen-bond acceptors (Lipinski definition) is 3. The maximum atomic E-state index is 6.07. The first-order valence-corrected chi connectivity index (χ1v) is 6.19. The van der Waals surface area contributed by atoms with Gasteiger partial charge in [0.25, 0.3) is 0 Å². The Kier molecular flexibility index (Phi) is 2.52. The van der Waals surface area contributed by atoms with Crippen LogP contribution in [0.1, 0.15) is 19.3 Å². The molecular formula is C13H18N4. The molecule has 1 fully saturated rings. The third-order valence-electron chi connectivity index (χ3n) is 3.67. The monoisotopic (exact) mass is 230 g/mol. The molecule has 0 saturated heterocycles. The summed E-state index contributed by atoms with van der Waals surface area (Å²) in [6.07, 6.45) is 3.47. The van der Waals surface area contributed by atoms with Crippen molar-refractivity contribution in [2.75, 3.05) is 5.32 Å². The van der Waals surface area contributed by atoms with Gasteiger partial charge in [0.15, 0.2) is 0 Å². The van der Waals surface area contributed by atoms with Gasteiger partial charge in [-0.05, 0) is 31.4 Å². The van der Waals surface area contributed by atoms with Crippen LogP contribution in [0.3, 0.4) is 0 Å². The summed E-state index contributed by atoms with van der Waals surface area (Å²) in [5.74, 6) is 0.925. The van der Waals surface area contributed by atoms with E-state index in [1.807, 2.05) is 25.2 Å². The average molecular weight is 230 g/mol. The minimum atomic E-state index is 0.259. The molecule has 2 unspecified atom stereocenters. The second kappa shape index (κ2) is 4.04. The number of rotatable bonds is 2. The number of hydrogen-bond donors (Lipinski definition) is 2. The van der Waals surface area contributed by atoms with Gasteiger partial charge in [0, 0.05) is 19.1 Å². The van der Waals surface area contributed by atoms with Crippen LogP contribution in [0.5, 0.6) is 0 Å². The lowest BCUT2D eigenvalue weighted by Crippen LogP contribution is -2.35. The number of nitrogens with one attached hydrogen (secondary N) is 1. The zero-order valence-corrected chi connectivity index (χ0v) is 10.1. The van der Waals surface area contributed by atoms with Crippen LogP contribution in [-0.4, -0.2) is 21.6 Å². The Labute approximate surface area is 101 Å². The summed E-state index contributed by atoms with van der Waals surface area (Å²) in [7, 11) is 2.04. The van der Waals surface area contributed by atoms with E-state index < -0.39 is 0 Å². The van der Waals surface area contributed by atoms with Gasteiger partial charge in [0.2, 0.25) is 5.95 Å².